The highest BCUT2D eigenvalue weighted by atomic mass is 16.1. The molecular formula is C19H23N5O. The van der Waals surface area contributed by atoms with Crippen molar-refractivity contribution in [2.45, 2.75) is 32.2 Å². The Morgan fingerprint density at radius 1 is 1.00 bits per heavy atom. The summed E-state index contributed by atoms with van der Waals surface area (Å²) >= 11 is 0. The van der Waals surface area contributed by atoms with E-state index in [0.29, 0.717) is 0 Å². The third-order valence-electron chi connectivity index (χ3n) is 4.91. The van der Waals surface area contributed by atoms with E-state index in [1.165, 1.54) is 32.4 Å². The minimum atomic E-state index is 0.0411. The molecule has 0 bridgehead atoms. The van der Waals surface area contributed by atoms with Gasteiger partial charge in [0.2, 0.25) is 0 Å². The number of imidazole rings is 1. The first-order valence-corrected chi connectivity index (χ1v) is 9.02. The third-order valence-corrected chi connectivity index (χ3v) is 4.91. The quantitative estimate of drug-likeness (QED) is 0.717. The maximum atomic E-state index is 12.4. The van der Waals surface area contributed by atoms with Crippen LogP contribution in [-0.2, 0) is 6.54 Å². The molecule has 25 heavy (non-hydrogen) atoms. The van der Waals surface area contributed by atoms with Crippen LogP contribution in [0.1, 0.15) is 25.7 Å². The van der Waals surface area contributed by atoms with Crippen molar-refractivity contribution in [3.8, 4) is 11.1 Å². The molecule has 0 saturated carbocycles. The van der Waals surface area contributed by atoms with Gasteiger partial charge in [0.1, 0.15) is 0 Å². The first-order chi connectivity index (χ1) is 12.3. The number of rotatable bonds is 5. The molecule has 0 aliphatic carbocycles. The Morgan fingerprint density at radius 3 is 2.72 bits per heavy atom. The molecule has 0 N–H and O–H groups in total. The van der Waals surface area contributed by atoms with Gasteiger partial charge >= 0.3 is 0 Å². The standard InChI is InChI=1S/C19H23N5O/c25-19-14-16(17-13-18-20-6-12-24(18)21-15-17)5-11-23(19)10-4-9-22-7-2-1-3-8-22/h5-6,11-15H,1-4,7-10H2. The number of nitrogens with zero attached hydrogens (tertiary/aromatic N) is 5. The molecule has 0 radical (unpaired) electrons. The highest BCUT2D eigenvalue weighted by Crippen LogP contribution is 2.17. The monoisotopic (exact) mass is 337 g/mol. The van der Waals surface area contributed by atoms with Gasteiger partial charge in [0.15, 0.2) is 5.65 Å². The number of hydrogen-bond acceptors (Lipinski definition) is 4. The zero-order valence-electron chi connectivity index (χ0n) is 14.3. The lowest BCUT2D eigenvalue weighted by atomic mass is 10.1. The fourth-order valence-corrected chi connectivity index (χ4v) is 3.49. The van der Waals surface area contributed by atoms with Crippen LogP contribution in [0.25, 0.3) is 16.8 Å². The van der Waals surface area contributed by atoms with Gasteiger partial charge < -0.3 is 9.47 Å². The zero-order chi connectivity index (χ0) is 17.1. The van der Waals surface area contributed by atoms with Crippen molar-refractivity contribution in [2.24, 2.45) is 0 Å². The smallest absolute Gasteiger partial charge is 0.251 e. The van der Waals surface area contributed by atoms with E-state index in [4.69, 9.17) is 0 Å². The largest absolute Gasteiger partial charge is 0.315 e. The van der Waals surface area contributed by atoms with Crippen molar-refractivity contribution in [3.05, 3.63) is 53.3 Å². The van der Waals surface area contributed by atoms with Crippen LogP contribution in [0, 0.1) is 0 Å². The lowest BCUT2D eigenvalue weighted by molar-refractivity contribution is 0.222. The van der Waals surface area contributed by atoms with Crippen molar-refractivity contribution < 1.29 is 0 Å². The highest BCUT2D eigenvalue weighted by Gasteiger charge is 2.09. The topological polar surface area (TPSA) is 55.4 Å². The molecule has 1 fully saturated rings. The Balaban J connectivity index is 1.43. The average Bonchev–Trinajstić information content (AvgIpc) is 3.11. The lowest BCUT2D eigenvalue weighted by Gasteiger charge is -2.26. The SMILES string of the molecule is O=c1cc(-c2cnn3ccnc3c2)ccn1CCCN1CCCCC1. The summed E-state index contributed by atoms with van der Waals surface area (Å²) in [5, 5.41) is 4.31. The predicted octanol–water partition coefficient (Wildman–Crippen LogP) is 2.43. The Labute approximate surface area is 146 Å². The summed E-state index contributed by atoms with van der Waals surface area (Å²) in [5.41, 5.74) is 2.62. The van der Waals surface area contributed by atoms with Crippen LogP contribution in [0.5, 0.6) is 0 Å². The molecule has 6 heteroatoms. The Hall–Kier alpha value is -2.47. The summed E-state index contributed by atoms with van der Waals surface area (Å²) in [6, 6.07) is 5.62. The molecule has 1 saturated heterocycles. The number of aromatic nitrogens is 4. The number of pyridine rings is 1. The number of hydrogen-bond donors (Lipinski definition) is 0. The molecule has 130 valence electrons. The maximum Gasteiger partial charge on any atom is 0.251 e. The van der Waals surface area contributed by atoms with E-state index in [2.05, 4.69) is 15.0 Å². The van der Waals surface area contributed by atoms with Crippen LogP contribution >= 0.6 is 0 Å². The molecule has 3 aromatic rings. The second-order valence-corrected chi connectivity index (χ2v) is 6.68. The number of aryl methyl sites for hydroxylation is 1. The van der Waals surface area contributed by atoms with Crippen LogP contribution in [0.4, 0.5) is 0 Å². The van der Waals surface area contributed by atoms with E-state index in [1.807, 2.05) is 18.3 Å². The first kappa shape index (κ1) is 16.0. The Bertz CT molecular complexity index is 907. The average molecular weight is 337 g/mol. The Morgan fingerprint density at radius 2 is 1.88 bits per heavy atom. The van der Waals surface area contributed by atoms with E-state index >= 15 is 0 Å². The highest BCUT2D eigenvalue weighted by molar-refractivity contribution is 5.65. The molecule has 4 heterocycles. The summed E-state index contributed by atoms with van der Waals surface area (Å²) in [4.78, 5) is 19.2. The molecular weight excluding hydrogens is 314 g/mol. The van der Waals surface area contributed by atoms with E-state index in [9.17, 15) is 4.79 Å². The van der Waals surface area contributed by atoms with Crippen molar-refractivity contribution >= 4 is 5.65 Å². The first-order valence-electron chi connectivity index (χ1n) is 9.02. The number of fused-ring (bicyclic) bond motifs is 1. The van der Waals surface area contributed by atoms with Gasteiger partial charge in [-0.3, -0.25) is 4.79 Å². The molecule has 0 aromatic carbocycles. The molecule has 0 spiro atoms. The van der Waals surface area contributed by atoms with Crippen molar-refractivity contribution in [2.75, 3.05) is 19.6 Å². The van der Waals surface area contributed by atoms with Crippen LogP contribution in [0.15, 0.2) is 47.8 Å². The van der Waals surface area contributed by atoms with Gasteiger partial charge in [0.05, 0.1) is 6.20 Å². The van der Waals surface area contributed by atoms with Gasteiger partial charge in [0.25, 0.3) is 5.56 Å². The fraction of sp³-hybridized carbons (Fsp3) is 0.421. The van der Waals surface area contributed by atoms with E-state index in [1.54, 1.807) is 33.7 Å². The molecule has 1 aliphatic heterocycles. The summed E-state index contributed by atoms with van der Waals surface area (Å²) in [5.74, 6) is 0. The van der Waals surface area contributed by atoms with Gasteiger partial charge in [-0.2, -0.15) is 5.10 Å². The summed E-state index contributed by atoms with van der Waals surface area (Å²) in [7, 11) is 0. The van der Waals surface area contributed by atoms with Crippen LogP contribution in [-0.4, -0.2) is 43.7 Å². The molecule has 1 aliphatic rings. The van der Waals surface area contributed by atoms with Crippen molar-refractivity contribution in [3.63, 3.8) is 0 Å². The molecule has 4 rings (SSSR count). The van der Waals surface area contributed by atoms with Crippen molar-refractivity contribution in [1.29, 1.82) is 0 Å². The fourth-order valence-electron chi connectivity index (χ4n) is 3.49. The minimum Gasteiger partial charge on any atom is -0.315 e. The normalized spacial score (nSPS) is 15.7. The second-order valence-electron chi connectivity index (χ2n) is 6.68. The predicted molar refractivity (Wildman–Crippen MR) is 97.6 cm³/mol. The number of likely N-dealkylation sites (tertiary alicyclic amines) is 1. The van der Waals surface area contributed by atoms with E-state index in [-0.39, 0.29) is 5.56 Å². The van der Waals surface area contributed by atoms with Gasteiger partial charge in [-0.15, -0.1) is 0 Å². The molecule has 3 aromatic heterocycles. The summed E-state index contributed by atoms with van der Waals surface area (Å²) < 4.78 is 3.51. The van der Waals surface area contributed by atoms with Gasteiger partial charge in [0, 0.05) is 36.8 Å². The van der Waals surface area contributed by atoms with Gasteiger partial charge in [-0.05, 0) is 56.6 Å². The Kier molecular flexibility index (Phi) is 4.61. The lowest BCUT2D eigenvalue weighted by Crippen LogP contribution is -2.31. The van der Waals surface area contributed by atoms with Crippen molar-refractivity contribution in [1.82, 2.24) is 24.1 Å². The molecule has 0 unspecified atom stereocenters. The van der Waals surface area contributed by atoms with Gasteiger partial charge in [-0.1, -0.05) is 6.42 Å². The van der Waals surface area contributed by atoms with E-state index in [0.717, 1.165) is 36.3 Å². The third kappa shape index (κ3) is 3.64. The minimum absolute atomic E-state index is 0.0411. The van der Waals surface area contributed by atoms with Gasteiger partial charge in [-0.25, -0.2) is 9.50 Å². The zero-order valence-corrected chi connectivity index (χ0v) is 14.3. The van der Waals surface area contributed by atoms with Crippen LogP contribution in [0.2, 0.25) is 0 Å². The van der Waals surface area contributed by atoms with Crippen LogP contribution < -0.4 is 5.56 Å². The molecule has 0 atom stereocenters. The van der Waals surface area contributed by atoms with Crippen LogP contribution in [0.3, 0.4) is 0 Å². The summed E-state index contributed by atoms with van der Waals surface area (Å²) in [6.45, 7) is 4.26. The van der Waals surface area contributed by atoms with E-state index < -0.39 is 0 Å². The second kappa shape index (κ2) is 7.19. The number of piperidine rings is 1. The maximum absolute atomic E-state index is 12.4. The summed E-state index contributed by atoms with van der Waals surface area (Å²) in [6.07, 6.45) is 12.2. The molecule has 0 amide bonds. The molecule has 6 nitrogen and oxygen atoms in total.